The first kappa shape index (κ1) is 18.1. The van der Waals surface area contributed by atoms with Crippen molar-refractivity contribution in [1.82, 2.24) is 14.9 Å². The Hall–Kier alpha value is -2.99. The number of likely N-dealkylation sites (tertiary alicyclic amines) is 1. The Labute approximate surface area is 169 Å². The first-order valence-electron chi connectivity index (χ1n) is 10.2. The number of pyridine rings is 2. The van der Waals surface area contributed by atoms with Crippen LogP contribution in [0.5, 0.6) is 0 Å². The highest BCUT2D eigenvalue weighted by molar-refractivity contribution is 5.99. The molecule has 2 fully saturated rings. The molecule has 1 aromatic carbocycles. The van der Waals surface area contributed by atoms with Crippen molar-refractivity contribution in [3.05, 3.63) is 53.9 Å². The molecular weight excluding hydrogens is 364 g/mol. The quantitative estimate of drug-likeness (QED) is 0.743. The molecule has 5 rings (SSSR count). The molecule has 1 amide bonds. The summed E-state index contributed by atoms with van der Waals surface area (Å²) in [6, 6.07) is 13.7. The minimum Gasteiger partial charge on any atom is -0.384 e. The van der Waals surface area contributed by atoms with E-state index in [0.717, 1.165) is 47.0 Å². The molecule has 6 heteroatoms. The first-order valence-corrected chi connectivity index (χ1v) is 10.2. The highest BCUT2D eigenvalue weighted by Crippen LogP contribution is 2.31. The number of amides is 1. The standard InChI is InChI=1S/C23H24N4O2/c1-2-19-17(9-11-21(24)25-19)18-5-3-4-14-6-10-20(26-22(14)18)23(28)27-12-15-7-8-16(13-27)29-15/h3-6,9-11,15-16H,2,7-8,12-13H2,1H3,(H2,24,25). The largest absolute Gasteiger partial charge is 0.384 e. The van der Waals surface area contributed by atoms with Crippen LogP contribution < -0.4 is 5.73 Å². The van der Waals surface area contributed by atoms with Gasteiger partial charge in [-0.2, -0.15) is 0 Å². The van der Waals surface area contributed by atoms with Gasteiger partial charge < -0.3 is 15.4 Å². The van der Waals surface area contributed by atoms with Crippen LogP contribution in [0, 0.1) is 0 Å². The lowest BCUT2D eigenvalue weighted by Crippen LogP contribution is -2.46. The number of ether oxygens (including phenoxy) is 1. The van der Waals surface area contributed by atoms with Crippen LogP contribution >= 0.6 is 0 Å². The summed E-state index contributed by atoms with van der Waals surface area (Å²) in [7, 11) is 0. The fraction of sp³-hybridized carbons (Fsp3) is 0.348. The topological polar surface area (TPSA) is 81.3 Å². The van der Waals surface area contributed by atoms with Crippen LogP contribution in [-0.2, 0) is 11.2 Å². The minimum atomic E-state index is -0.0203. The lowest BCUT2D eigenvalue weighted by molar-refractivity contribution is -0.0305. The average molecular weight is 388 g/mol. The van der Waals surface area contributed by atoms with Crippen molar-refractivity contribution in [3.8, 4) is 11.1 Å². The number of aromatic nitrogens is 2. The number of carbonyl (C=O) groups is 1. The molecule has 2 N–H and O–H groups in total. The van der Waals surface area contributed by atoms with Gasteiger partial charge in [-0.3, -0.25) is 4.79 Å². The molecular formula is C23H24N4O2. The number of nitrogens with two attached hydrogens (primary N) is 1. The fourth-order valence-electron chi connectivity index (χ4n) is 4.46. The highest BCUT2D eigenvalue weighted by atomic mass is 16.5. The van der Waals surface area contributed by atoms with E-state index in [0.29, 0.717) is 24.6 Å². The fourth-order valence-corrected chi connectivity index (χ4v) is 4.46. The number of nitrogen functional groups attached to an aromatic ring is 1. The molecule has 2 unspecified atom stereocenters. The average Bonchev–Trinajstić information content (AvgIpc) is 3.09. The Kier molecular flexibility index (Phi) is 4.43. The Bertz CT molecular complexity index is 1090. The monoisotopic (exact) mass is 388 g/mol. The van der Waals surface area contributed by atoms with Crippen molar-refractivity contribution in [2.45, 2.75) is 38.4 Å². The second-order valence-corrected chi connectivity index (χ2v) is 7.83. The van der Waals surface area contributed by atoms with Gasteiger partial charge in [0.05, 0.1) is 23.4 Å². The van der Waals surface area contributed by atoms with Gasteiger partial charge in [0.2, 0.25) is 0 Å². The predicted molar refractivity (Wildman–Crippen MR) is 113 cm³/mol. The second kappa shape index (κ2) is 7.12. The van der Waals surface area contributed by atoms with Crippen LogP contribution in [0.2, 0.25) is 0 Å². The minimum absolute atomic E-state index is 0.0203. The maximum atomic E-state index is 13.2. The van der Waals surface area contributed by atoms with E-state index in [9.17, 15) is 4.79 Å². The number of fused-ring (bicyclic) bond motifs is 3. The van der Waals surface area contributed by atoms with Crippen LogP contribution in [0.1, 0.15) is 35.9 Å². The van der Waals surface area contributed by atoms with Gasteiger partial charge in [0.15, 0.2) is 0 Å². The number of benzene rings is 1. The van der Waals surface area contributed by atoms with Gasteiger partial charge in [0.1, 0.15) is 11.5 Å². The molecule has 2 saturated heterocycles. The van der Waals surface area contributed by atoms with Crippen molar-refractivity contribution in [2.24, 2.45) is 0 Å². The number of para-hydroxylation sites is 1. The summed E-state index contributed by atoms with van der Waals surface area (Å²) in [5.41, 5.74) is 10.1. The van der Waals surface area contributed by atoms with Crippen molar-refractivity contribution in [3.63, 3.8) is 0 Å². The summed E-state index contributed by atoms with van der Waals surface area (Å²) < 4.78 is 5.86. The van der Waals surface area contributed by atoms with E-state index in [-0.39, 0.29) is 18.1 Å². The molecule has 148 valence electrons. The number of rotatable bonds is 3. The predicted octanol–water partition coefficient (Wildman–Crippen LogP) is 3.44. The van der Waals surface area contributed by atoms with E-state index in [1.807, 2.05) is 47.4 Å². The molecule has 0 spiro atoms. The van der Waals surface area contributed by atoms with E-state index in [4.69, 9.17) is 15.5 Å². The number of hydrogen-bond acceptors (Lipinski definition) is 5. The van der Waals surface area contributed by atoms with Crippen LogP contribution in [0.4, 0.5) is 5.82 Å². The maximum absolute atomic E-state index is 13.2. The third-order valence-corrected chi connectivity index (χ3v) is 5.89. The summed E-state index contributed by atoms with van der Waals surface area (Å²) in [4.78, 5) is 24.3. The zero-order valence-corrected chi connectivity index (χ0v) is 16.5. The summed E-state index contributed by atoms with van der Waals surface area (Å²) in [5, 5.41) is 1.000. The smallest absolute Gasteiger partial charge is 0.272 e. The molecule has 2 bridgehead atoms. The maximum Gasteiger partial charge on any atom is 0.272 e. The number of morpholine rings is 1. The number of aryl methyl sites for hydroxylation is 1. The van der Waals surface area contributed by atoms with E-state index in [2.05, 4.69) is 11.9 Å². The van der Waals surface area contributed by atoms with Gasteiger partial charge in [-0.15, -0.1) is 0 Å². The number of nitrogens with zero attached hydrogens (tertiary/aromatic N) is 3. The van der Waals surface area contributed by atoms with Gasteiger partial charge in [-0.25, -0.2) is 9.97 Å². The molecule has 4 heterocycles. The third-order valence-electron chi connectivity index (χ3n) is 5.89. The molecule has 29 heavy (non-hydrogen) atoms. The van der Waals surface area contributed by atoms with Gasteiger partial charge in [0.25, 0.3) is 5.91 Å². The summed E-state index contributed by atoms with van der Waals surface area (Å²) >= 11 is 0. The lowest BCUT2D eigenvalue weighted by Gasteiger charge is -2.31. The molecule has 0 radical (unpaired) electrons. The molecule has 0 aliphatic carbocycles. The summed E-state index contributed by atoms with van der Waals surface area (Å²) in [6.45, 7) is 3.36. The van der Waals surface area contributed by atoms with Gasteiger partial charge >= 0.3 is 0 Å². The Morgan fingerprint density at radius 2 is 1.86 bits per heavy atom. The van der Waals surface area contributed by atoms with Crippen molar-refractivity contribution >= 4 is 22.6 Å². The van der Waals surface area contributed by atoms with Crippen LogP contribution in [0.25, 0.3) is 22.0 Å². The summed E-state index contributed by atoms with van der Waals surface area (Å²) in [6.07, 6.45) is 3.18. The SMILES string of the molecule is CCc1nc(N)ccc1-c1cccc2ccc(C(=O)N3CC4CCC(C3)O4)nc12. The van der Waals surface area contributed by atoms with Crippen LogP contribution in [0.15, 0.2) is 42.5 Å². The van der Waals surface area contributed by atoms with E-state index >= 15 is 0 Å². The Morgan fingerprint density at radius 3 is 2.62 bits per heavy atom. The van der Waals surface area contributed by atoms with Crippen LogP contribution in [0.3, 0.4) is 0 Å². The van der Waals surface area contributed by atoms with Crippen LogP contribution in [-0.4, -0.2) is 46.1 Å². The van der Waals surface area contributed by atoms with Crippen molar-refractivity contribution < 1.29 is 9.53 Å². The highest BCUT2D eigenvalue weighted by Gasteiger charge is 2.36. The van der Waals surface area contributed by atoms with Crippen molar-refractivity contribution in [2.75, 3.05) is 18.8 Å². The molecule has 3 aromatic rings. The number of carbonyl (C=O) groups excluding carboxylic acids is 1. The Morgan fingerprint density at radius 1 is 1.07 bits per heavy atom. The van der Waals surface area contributed by atoms with E-state index in [1.54, 1.807) is 0 Å². The van der Waals surface area contributed by atoms with Gasteiger partial charge in [0, 0.05) is 29.6 Å². The molecule has 0 saturated carbocycles. The van der Waals surface area contributed by atoms with E-state index < -0.39 is 0 Å². The normalized spacial score (nSPS) is 20.9. The molecule has 2 aromatic heterocycles. The second-order valence-electron chi connectivity index (χ2n) is 7.83. The van der Waals surface area contributed by atoms with Gasteiger partial charge in [-0.1, -0.05) is 31.2 Å². The zero-order chi connectivity index (χ0) is 20.0. The molecule has 2 atom stereocenters. The summed E-state index contributed by atoms with van der Waals surface area (Å²) in [5.74, 6) is 0.490. The Balaban J connectivity index is 1.56. The van der Waals surface area contributed by atoms with E-state index in [1.165, 1.54) is 0 Å². The zero-order valence-electron chi connectivity index (χ0n) is 16.5. The van der Waals surface area contributed by atoms with Crippen molar-refractivity contribution in [1.29, 1.82) is 0 Å². The first-order chi connectivity index (χ1) is 14.1. The number of anilines is 1. The third kappa shape index (κ3) is 3.23. The molecule has 6 nitrogen and oxygen atoms in total. The number of hydrogen-bond donors (Lipinski definition) is 1. The lowest BCUT2D eigenvalue weighted by atomic mass is 9.99. The molecule has 2 aliphatic heterocycles. The molecule has 2 aliphatic rings. The van der Waals surface area contributed by atoms with Gasteiger partial charge in [-0.05, 0) is 37.5 Å².